The van der Waals surface area contributed by atoms with Gasteiger partial charge in [0.2, 0.25) is 0 Å². The minimum atomic E-state index is -0.320. The van der Waals surface area contributed by atoms with Crippen molar-refractivity contribution in [2.75, 3.05) is 7.11 Å². The highest BCUT2D eigenvalue weighted by atomic mass is 35.5. The molecule has 0 saturated carbocycles. The third kappa shape index (κ3) is 4.48. The quantitative estimate of drug-likeness (QED) is 0.206. The second-order valence-corrected chi connectivity index (χ2v) is 11.5. The normalized spacial score (nSPS) is 14.9. The maximum Gasteiger partial charge on any atom is 0.267 e. The lowest BCUT2D eigenvalue weighted by Crippen LogP contribution is -2.32. The van der Waals surface area contributed by atoms with Gasteiger partial charge in [0.05, 0.1) is 40.4 Å². The van der Waals surface area contributed by atoms with E-state index in [1.165, 1.54) is 11.8 Å². The minimum absolute atomic E-state index is 0.0676. The molecule has 3 heterocycles. The van der Waals surface area contributed by atoms with Crippen molar-refractivity contribution >= 4 is 56.5 Å². The first-order valence-corrected chi connectivity index (χ1v) is 13.2. The van der Waals surface area contributed by atoms with Gasteiger partial charge >= 0.3 is 0 Å². The lowest BCUT2D eigenvalue weighted by molar-refractivity contribution is -0.0379. The molecular formula is C25H22Cl2N2O3S2. The molecule has 0 saturated heterocycles. The van der Waals surface area contributed by atoms with Crippen molar-refractivity contribution in [3.05, 3.63) is 78.9 Å². The van der Waals surface area contributed by atoms with Crippen molar-refractivity contribution in [1.29, 1.82) is 0 Å². The summed E-state index contributed by atoms with van der Waals surface area (Å²) in [6.45, 7) is 4.60. The minimum Gasteiger partial charge on any atom is -0.497 e. The average Bonchev–Trinajstić information content (AvgIpc) is 3.16. The van der Waals surface area contributed by atoms with Gasteiger partial charge in [0.25, 0.3) is 5.56 Å². The van der Waals surface area contributed by atoms with Gasteiger partial charge in [-0.2, -0.15) is 0 Å². The van der Waals surface area contributed by atoms with Crippen LogP contribution in [-0.4, -0.2) is 22.3 Å². The molecule has 176 valence electrons. The molecule has 5 nitrogen and oxygen atoms in total. The van der Waals surface area contributed by atoms with Crippen LogP contribution in [0.3, 0.4) is 0 Å². The molecule has 9 heteroatoms. The van der Waals surface area contributed by atoms with Crippen molar-refractivity contribution in [3.8, 4) is 11.4 Å². The van der Waals surface area contributed by atoms with Gasteiger partial charge in [0.1, 0.15) is 10.6 Å². The molecule has 0 amide bonds. The first-order chi connectivity index (χ1) is 16.3. The number of benzene rings is 2. The number of halogens is 2. The molecule has 1 aliphatic heterocycles. The zero-order chi connectivity index (χ0) is 24.0. The smallest absolute Gasteiger partial charge is 0.267 e. The summed E-state index contributed by atoms with van der Waals surface area (Å²) < 4.78 is 13.0. The Bertz CT molecular complexity index is 1450. The zero-order valence-electron chi connectivity index (χ0n) is 18.9. The molecule has 5 rings (SSSR count). The maximum atomic E-state index is 14.0. The summed E-state index contributed by atoms with van der Waals surface area (Å²) in [7, 11) is 1.62. The van der Waals surface area contributed by atoms with Crippen LogP contribution in [0.15, 0.2) is 52.4 Å². The van der Waals surface area contributed by atoms with Gasteiger partial charge in [-0.25, -0.2) is 4.98 Å². The summed E-state index contributed by atoms with van der Waals surface area (Å²) in [4.78, 5) is 20.7. The van der Waals surface area contributed by atoms with Gasteiger partial charge in [-0.3, -0.25) is 9.36 Å². The fraction of sp³-hybridized carbons (Fsp3) is 0.280. The van der Waals surface area contributed by atoms with E-state index in [1.807, 2.05) is 36.4 Å². The summed E-state index contributed by atoms with van der Waals surface area (Å²) in [5, 5.41) is 2.32. The van der Waals surface area contributed by atoms with Crippen LogP contribution in [-0.2, 0) is 23.5 Å². The third-order valence-corrected chi connectivity index (χ3v) is 8.60. The Balaban J connectivity index is 1.65. The highest BCUT2D eigenvalue weighted by molar-refractivity contribution is 7.98. The fourth-order valence-corrected chi connectivity index (χ4v) is 6.43. The van der Waals surface area contributed by atoms with E-state index < -0.39 is 0 Å². The lowest BCUT2D eigenvalue weighted by atomic mass is 9.94. The number of thioether (sulfide) groups is 1. The number of rotatable bonds is 5. The summed E-state index contributed by atoms with van der Waals surface area (Å²) in [5.41, 5.74) is 2.40. The molecule has 0 unspecified atom stereocenters. The van der Waals surface area contributed by atoms with Crippen LogP contribution in [0, 0.1) is 0 Å². The Morgan fingerprint density at radius 2 is 1.94 bits per heavy atom. The summed E-state index contributed by atoms with van der Waals surface area (Å²) >= 11 is 15.3. The molecule has 0 atom stereocenters. The number of hydrogen-bond acceptors (Lipinski definition) is 6. The van der Waals surface area contributed by atoms with E-state index in [0.717, 1.165) is 32.3 Å². The van der Waals surface area contributed by atoms with Gasteiger partial charge in [-0.05, 0) is 61.4 Å². The molecule has 0 fully saturated rings. The Kier molecular flexibility index (Phi) is 6.42. The number of nitrogens with zero attached hydrogens (tertiary/aromatic N) is 2. The average molecular weight is 534 g/mol. The van der Waals surface area contributed by atoms with Gasteiger partial charge in [-0.15, -0.1) is 11.3 Å². The SMILES string of the molecule is COc1ccc(-n2c(SCc3ccc(Cl)c(Cl)c3)nc3sc4c(c3c2=O)CC(C)(C)OC4)cc1. The number of aromatic nitrogens is 2. The Morgan fingerprint density at radius 1 is 1.18 bits per heavy atom. The second-order valence-electron chi connectivity index (χ2n) is 8.68. The standard InChI is InChI=1S/C25H22Cl2N2O3S2/c1-25(2)11-17-20(12-32-25)34-22-21(17)23(30)29(15-5-7-16(31-3)8-6-15)24(28-22)33-13-14-4-9-18(26)19(27)10-14/h4-10H,11-13H2,1-3H3. The molecule has 2 aromatic carbocycles. The van der Waals surface area contributed by atoms with E-state index in [2.05, 4.69) is 13.8 Å². The summed E-state index contributed by atoms with van der Waals surface area (Å²) in [6.07, 6.45) is 0.678. The number of methoxy groups -OCH3 is 1. The van der Waals surface area contributed by atoms with E-state index in [-0.39, 0.29) is 11.2 Å². The first kappa shape index (κ1) is 23.7. The predicted molar refractivity (Wildman–Crippen MR) is 140 cm³/mol. The summed E-state index contributed by atoms with van der Waals surface area (Å²) in [6, 6.07) is 13.0. The monoisotopic (exact) mass is 532 g/mol. The van der Waals surface area contributed by atoms with Crippen LogP contribution in [0.5, 0.6) is 5.75 Å². The zero-order valence-corrected chi connectivity index (χ0v) is 22.0. The Labute approximate surface area is 215 Å². The lowest BCUT2D eigenvalue weighted by Gasteiger charge is -2.29. The van der Waals surface area contributed by atoms with Gasteiger partial charge in [0.15, 0.2) is 5.16 Å². The number of thiophene rings is 1. The van der Waals surface area contributed by atoms with Crippen LogP contribution in [0.25, 0.3) is 15.9 Å². The van der Waals surface area contributed by atoms with Gasteiger partial charge in [0, 0.05) is 17.1 Å². The number of fused-ring (bicyclic) bond motifs is 3. The topological polar surface area (TPSA) is 53.4 Å². The van der Waals surface area contributed by atoms with Crippen molar-refractivity contribution in [2.45, 2.75) is 43.4 Å². The third-order valence-electron chi connectivity index (χ3n) is 5.76. The second kappa shape index (κ2) is 9.21. The Hall–Kier alpha value is -2.03. The van der Waals surface area contributed by atoms with E-state index in [9.17, 15) is 4.79 Å². The highest BCUT2D eigenvalue weighted by Gasteiger charge is 2.31. The molecule has 0 bridgehead atoms. The van der Waals surface area contributed by atoms with Crippen molar-refractivity contribution in [1.82, 2.24) is 9.55 Å². The van der Waals surface area contributed by atoms with E-state index >= 15 is 0 Å². The van der Waals surface area contributed by atoms with Crippen LogP contribution < -0.4 is 10.3 Å². The van der Waals surface area contributed by atoms with E-state index in [1.54, 1.807) is 29.1 Å². The van der Waals surface area contributed by atoms with Crippen LogP contribution in [0.1, 0.15) is 29.9 Å². The molecule has 4 aromatic rings. The van der Waals surface area contributed by atoms with Gasteiger partial charge in [-0.1, -0.05) is 41.0 Å². The highest BCUT2D eigenvalue weighted by Crippen LogP contribution is 2.38. The Morgan fingerprint density at radius 3 is 2.65 bits per heavy atom. The number of hydrogen-bond donors (Lipinski definition) is 0. The molecule has 34 heavy (non-hydrogen) atoms. The van der Waals surface area contributed by atoms with Crippen molar-refractivity contribution in [3.63, 3.8) is 0 Å². The maximum absolute atomic E-state index is 14.0. The molecule has 0 radical (unpaired) electrons. The van der Waals surface area contributed by atoms with Crippen molar-refractivity contribution < 1.29 is 9.47 Å². The predicted octanol–water partition coefficient (Wildman–Crippen LogP) is 6.91. The van der Waals surface area contributed by atoms with E-state index in [0.29, 0.717) is 39.4 Å². The van der Waals surface area contributed by atoms with Crippen LogP contribution >= 0.6 is 46.3 Å². The summed E-state index contributed by atoms with van der Waals surface area (Å²) in [5.74, 6) is 1.31. The van der Waals surface area contributed by atoms with E-state index in [4.69, 9.17) is 37.7 Å². The van der Waals surface area contributed by atoms with Crippen LogP contribution in [0.4, 0.5) is 0 Å². The van der Waals surface area contributed by atoms with Crippen LogP contribution in [0.2, 0.25) is 10.0 Å². The largest absolute Gasteiger partial charge is 0.497 e. The molecule has 1 aliphatic rings. The fourth-order valence-electron chi connectivity index (χ4n) is 4.01. The molecule has 2 aromatic heterocycles. The number of ether oxygens (including phenoxy) is 2. The molecular weight excluding hydrogens is 511 g/mol. The van der Waals surface area contributed by atoms with Gasteiger partial charge < -0.3 is 9.47 Å². The first-order valence-electron chi connectivity index (χ1n) is 10.7. The molecule has 0 N–H and O–H groups in total. The van der Waals surface area contributed by atoms with Crippen molar-refractivity contribution in [2.24, 2.45) is 0 Å². The molecule has 0 spiro atoms. The molecule has 0 aliphatic carbocycles.